The molecule has 3 aromatic rings. The second-order valence-electron chi connectivity index (χ2n) is 7.34. The van der Waals surface area contributed by atoms with Crippen LogP contribution < -0.4 is 4.74 Å². The van der Waals surface area contributed by atoms with Gasteiger partial charge in [-0.3, -0.25) is 4.90 Å². The van der Waals surface area contributed by atoms with Crippen molar-refractivity contribution < 1.29 is 9.15 Å². The number of rotatable bonds is 8. The molecule has 1 atom stereocenters. The molecule has 1 aromatic heterocycles. The Labute approximate surface area is 173 Å². The van der Waals surface area contributed by atoms with Gasteiger partial charge >= 0.3 is 0 Å². The normalized spacial score (nSPS) is 15.0. The van der Waals surface area contributed by atoms with Gasteiger partial charge < -0.3 is 9.15 Å². The van der Waals surface area contributed by atoms with Gasteiger partial charge in [0.05, 0.1) is 13.7 Å². The fourth-order valence-corrected chi connectivity index (χ4v) is 3.65. The molecule has 1 unspecified atom stereocenters. The predicted molar refractivity (Wildman–Crippen MR) is 112 cm³/mol. The van der Waals surface area contributed by atoms with Crippen molar-refractivity contribution in [2.45, 2.75) is 38.9 Å². The lowest BCUT2D eigenvalue weighted by molar-refractivity contribution is 0.156. The highest BCUT2D eigenvalue weighted by Crippen LogP contribution is 2.36. The van der Waals surface area contributed by atoms with Crippen molar-refractivity contribution in [3.05, 3.63) is 64.5 Å². The number of nitrogens with zero attached hydrogens (tertiary/aromatic N) is 3. The molecule has 4 rings (SSSR count). The molecule has 1 aliphatic rings. The van der Waals surface area contributed by atoms with Crippen molar-refractivity contribution >= 4 is 15.9 Å². The summed E-state index contributed by atoms with van der Waals surface area (Å²) in [6.45, 7) is 3.79. The second kappa shape index (κ2) is 8.45. The maximum atomic E-state index is 5.97. The Hall–Kier alpha value is -2.18. The van der Waals surface area contributed by atoms with Crippen LogP contribution in [0, 0.1) is 5.92 Å². The van der Waals surface area contributed by atoms with Crippen LogP contribution >= 0.6 is 15.9 Å². The number of benzene rings is 2. The van der Waals surface area contributed by atoms with E-state index in [2.05, 4.69) is 50.1 Å². The largest absolute Gasteiger partial charge is 0.497 e. The Bertz CT molecular complexity index is 904. The summed E-state index contributed by atoms with van der Waals surface area (Å²) in [6.07, 6.45) is 2.60. The minimum Gasteiger partial charge on any atom is -0.497 e. The van der Waals surface area contributed by atoms with Crippen molar-refractivity contribution in [2.75, 3.05) is 7.11 Å². The molecule has 1 saturated carbocycles. The van der Waals surface area contributed by atoms with E-state index in [0.717, 1.165) is 28.2 Å². The van der Waals surface area contributed by atoms with Crippen molar-refractivity contribution in [3.63, 3.8) is 0 Å². The van der Waals surface area contributed by atoms with E-state index >= 15 is 0 Å². The molecule has 0 bridgehead atoms. The van der Waals surface area contributed by atoms with E-state index in [9.17, 15) is 0 Å². The van der Waals surface area contributed by atoms with Gasteiger partial charge in [-0.2, -0.15) is 0 Å². The maximum Gasteiger partial charge on any atom is 0.247 e. The van der Waals surface area contributed by atoms with Gasteiger partial charge in [0.1, 0.15) is 5.75 Å². The first kappa shape index (κ1) is 19.2. The molecule has 0 aliphatic heterocycles. The van der Waals surface area contributed by atoms with Crippen molar-refractivity contribution in [1.82, 2.24) is 15.1 Å². The first-order valence-electron chi connectivity index (χ1n) is 9.57. The van der Waals surface area contributed by atoms with Crippen LogP contribution in [-0.2, 0) is 13.1 Å². The summed E-state index contributed by atoms with van der Waals surface area (Å²) in [5.41, 5.74) is 2.18. The van der Waals surface area contributed by atoms with Crippen LogP contribution in [0.5, 0.6) is 5.75 Å². The van der Waals surface area contributed by atoms with Gasteiger partial charge in [-0.25, -0.2) is 0 Å². The second-order valence-corrected chi connectivity index (χ2v) is 8.25. The molecule has 1 heterocycles. The topological polar surface area (TPSA) is 51.4 Å². The number of halogens is 1. The molecule has 1 fully saturated rings. The fourth-order valence-electron chi connectivity index (χ4n) is 3.39. The number of ether oxygens (including phenoxy) is 1. The van der Waals surface area contributed by atoms with Gasteiger partial charge in [0.15, 0.2) is 0 Å². The minimum absolute atomic E-state index is 0.477. The summed E-state index contributed by atoms with van der Waals surface area (Å²) in [5, 5.41) is 8.54. The molecule has 1 aliphatic carbocycles. The predicted octanol–water partition coefficient (Wildman–Crippen LogP) is 5.31. The van der Waals surface area contributed by atoms with Crippen LogP contribution in [0.4, 0.5) is 0 Å². The van der Waals surface area contributed by atoms with Gasteiger partial charge in [0.25, 0.3) is 0 Å². The zero-order chi connectivity index (χ0) is 19.5. The zero-order valence-electron chi connectivity index (χ0n) is 16.1. The van der Waals surface area contributed by atoms with Crippen LogP contribution in [0.15, 0.2) is 57.4 Å². The van der Waals surface area contributed by atoms with Crippen LogP contribution in [0.2, 0.25) is 0 Å². The Balaban J connectivity index is 1.49. The molecule has 0 amide bonds. The van der Waals surface area contributed by atoms with E-state index in [0.29, 0.717) is 24.4 Å². The van der Waals surface area contributed by atoms with Crippen molar-refractivity contribution in [2.24, 2.45) is 5.92 Å². The first-order valence-corrected chi connectivity index (χ1v) is 10.4. The lowest BCUT2D eigenvalue weighted by Crippen LogP contribution is -2.33. The Kier molecular flexibility index (Phi) is 5.78. The Morgan fingerprint density at radius 3 is 2.43 bits per heavy atom. The SMILES string of the molecule is COc1ccc(CN(Cc2nnc(-c3ccc(Br)cc3)o2)C(C)C2CC2)cc1. The highest BCUT2D eigenvalue weighted by molar-refractivity contribution is 9.10. The minimum atomic E-state index is 0.477. The molecule has 28 heavy (non-hydrogen) atoms. The molecule has 0 spiro atoms. The highest BCUT2D eigenvalue weighted by Gasteiger charge is 2.32. The van der Waals surface area contributed by atoms with Gasteiger partial charge in [-0.15, -0.1) is 10.2 Å². The lowest BCUT2D eigenvalue weighted by Gasteiger charge is -2.28. The van der Waals surface area contributed by atoms with E-state index in [1.54, 1.807) is 7.11 Å². The molecule has 6 heteroatoms. The molecule has 0 radical (unpaired) electrons. The molecular formula is C22H24BrN3O2. The van der Waals surface area contributed by atoms with Gasteiger partial charge in [0.2, 0.25) is 11.8 Å². The van der Waals surface area contributed by atoms with Crippen LogP contribution in [0.25, 0.3) is 11.5 Å². The van der Waals surface area contributed by atoms with E-state index in [4.69, 9.17) is 9.15 Å². The van der Waals surface area contributed by atoms with Gasteiger partial charge in [-0.05, 0) is 67.6 Å². The van der Waals surface area contributed by atoms with Gasteiger partial charge in [0, 0.05) is 22.6 Å². The quantitative estimate of drug-likeness (QED) is 0.473. The Morgan fingerprint density at radius 2 is 1.79 bits per heavy atom. The molecule has 0 saturated heterocycles. The molecule has 146 valence electrons. The zero-order valence-corrected chi connectivity index (χ0v) is 17.7. The molecule has 2 aromatic carbocycles. The van der Waals surface area contributed by atoms with E-state index < -0.39 is 0 Å². The third-order valence-electron chi connectivity index (χ3n) is 5.32. The summed E-state index contributed by atoms with van der Waals surface area (Å²) < 4.78 is 12.3. The van der Waals surface area contributed by atoms with Gasteiger partial charge in [-0.1, -0.05) is 28.1 Å². The van der Waals surface area contributed by atoms with Crippen LogP contribution in [0.3, 0.4) is 0 Å². The maximum absolute atomic E-state index is 5.97. The standard InChI is InChI=1S/C22H24BrN3O2/c1-15(17-5-6-17)26(13-16-3-11-20(27-2)12-4-16)14-21-24-25-22(28-21)18-7-9-19(23)10-8-18/h3-4,7-12,15,17H,5-6,13-14H2,1-2H3. The van der Waals surface area contributed by atoms with Crippen LogP contribution in [-0.4, -0.2) is 28.2 Å². The van der Waals surface area contributed by atoms with Crippen LogP contribution in [0.1, 0.15) is 31.2 Å². The highest BCUT2D eigenvalue weighted by atomic mass is 79.9. The average molecular weight is 442 g/mol. The number of hydrogen-bond acceptors (Lipinski definition) is 5. The smallest absolute Gasteiger partial charge is 0.247 e. The molecular weight excluding hydrogens is 418 g/mol. The summed E-state index contributed by atoms with van der Waals surface area (Å²) in [6, 6.07) is 16.6. The van der Waals surface area contributed by atoms with Crippen molar-refractivity contribution in [1.29, 1.82) is 0 Å². The van der Waals surface area contributed by atoms with Crippen molar-refractivity contribution in [3.8, 4) is 17.2 Å². The fraction of sp³-hybridized carbons (Fsp3) is 0.364. The van der Waals surface area contributed by atoms with E-state index in [1.165, 1.54) is 18.4 Å². The monoisotopic (exact) mass is 441 g/mol. The summed E-state index contributed by atoms with van der Waals surface area (Å²) in [5.74, 6) is 2.85. The average Bonchev–Trinajstić information content (AvgIpc) is 3.47. The lowest BCUT2D eigenvalue weighted by atomic mass is 10.1. The third kappa shape index (κ3) is 4.62. The van der Waals surface area contributed by atoms with E-state index in [-0.39, 0.29) is 0 Å². The third-order valence-corrected chi connectivity index (χ3v) is 5.85. The summed E-state index contributed by atoms with van der Waals surface area (Å²) in [7, 11) is 1.69. The summed E-state index contributed by atoms with van der Waals surface area (Å²) in [4.78, 5) is 2.43. The Morgan fingerprint density at radius 1 is 1.07 bits per heavy atom. The first-order chi connectivity index (χ1) is 13.6. The van der Waals surface area contributed by atoms with E-state index in [1.807, 2.05) is 36.4 Å². The molecule has 0 N–H and O–H groups in total. The molecule has 5 nitrogen and oxygen atoms in total. The number of methoxy groups -OCH3 is 1. The summed E-state index contributed by atoms with van der Waals surface area (Å²) >= 11 is 3.45. The number of hydrogen-bond donors (Lipinski definition) is 0. The number of aromatic nitrogens is 2.